The zero-order valence-corrected chi connectivity index (χ0v) is 11.3. The minimum Gasteiger partial charge on any atom is -0.497 e. The van der Waals surface area contributed by atoms with Crippen LogP contribution in [0.1, 0.15) is 0 Å². The lowest BCUT2D eigenvalue weighted by Crippen LogP contribution is -1.89. The minimum absolute atomic E-state index is 0.159. The van der Waals surface area contributed by atoms with Gasteiger partial charge in [0, 0.05) is 5.56 Å². The average Bonchev–Trinajstić information content (AvgIpc) is 2.89. The van der Waals surface area contributed by atoms with Crippen molar-refractivity contribution in [2.45, 2.75) is 0 Å². The van der Waals surface area contributed by atoms with Gasteiger partial charge in [0.2, 0.25) is 5.88 Å². The maximum Gasteiger partial charge on any atom is 0.230 e. The first-order valence-corrected chi connectivity index (χ1v) is 6.34. The Morgan fingerprint density at radius 3 is 2.52 bits per heavy atom. The van der Waals surface area contributed by atoms with Crippen LogP contribution >= 0.6 is 0 Å². The summed E-state index contributed by atoms with van der Waals surface area (Å²) in [7, 11) is 1.60. The molecule has 0 aliphatic carbocycles. The normalized spacial score (nSPS) is 10.6. The topological polar surface area (TPSA) is 61.3 Å². The van der Waals surface area contributed by atoms with Crippen LogP contribution < -0.4 is 10.5 Å². The van der Waals surface area contributed by atoms with Crippen LogP contribution in [0.25, 0.3) is 22.4 Å². The average molecular weight is 284 g/mol. The Bertz CT molecular complexity index is 766. The number of anilines is 1. The molecule has 0 amide bonds. The van der Waals surface area contributed by atoms with Crippen molar-refractivity contribution in [3.63, 3.8) is 0 Å². The van der Waals surface area contributed by atoms with Crippen LogP contribution in [0.4, 0.5) is 10.3 Å². The number of hydrogen-bond acceptors (Lipinski definition) is 4. The molecule has 2 N–H and O–H groups in total. The van der Waals surface area contributed by atoms with Crippen LogP contribution in [0.15, 0.2) is 53.1 Å². The molecule has 1 heterocycles. The van der Waals surface area contributed by atoms with Gasteiger partial charge in [0.25, 0.3) is 0 Å². The number of nitrogen functional groups attached to an aromatic ring is 1. The molecule has 106 valence electrons. The summed E-state index contributed by atoms with van der Waals surface area (Å²) in [5.74, 6) is 0.558. The molecule has 0 unspecified atom stereocenters. The molecule has 4 nitrogen and oxygen atoms in total. The van der Waals surface area contributed by atoms with Gasteiger partial charge in [-0.2, -0.15) is 0 Å². The van der Waals surface area contributed by atoms with Crippen LogP contribution in [0, 0.1) is 5.82 Å². The van der Waals surface area contributed by atoms with Crippen LogP contribution in [-0.4, -0.2) is 12.3 Å². The fourth-order valence-electron chi connectivity index (χ4n) is 2.17. The molecule has 0 atom stereocenters. The first-order chi connectivity index (χ1) is 10.2. The van der Waals surface area contributed by atoms with Gasteiger partial charge in [0.05, 0.1) is 12.7 Å². The summed E-state index contributed by atoms with van der Waals surface area (Å²) >= 11 is 0. The van der Waals surface area contributed by atoms with E-state index in [-0.39, 0.29) is 11.7 Å². The Morgan fingerprint density at radius 2 is 1.86 bits per heavy atom. The largest absolute Gasteiger partial charge is 0.497 e. The Labute approximate surface area is 120 Å². The van der Waals surface area contributed by atoms with E-state index in [0.717, 1.165) is 11.3 Å². The van der Waals surface area contributed by atoms with E-state index in [9.17, 15) is 4.39 Å². The van der Waals surface area contributed by atoms with E-state index in [0.29, 0.717) is 16.8 Å². The monoisotopic (exact) mass is 284 g/mol. The van der Waals surface area contributed by atoms with E-state index in [4.69, 9.17) is 15.0 Å². The highest BCUT2D eigenvalue weighted by molar-refractivity contribution is 5.86. The minimum atomic E-state index is -0.339. The number of rotatable bonds is 3. The third kappa shape index (κ3) is 2.45. The molecule has 3 aromatic rings. The second-order valence-electron chi connectivity index (χ2n) is 4.51. The summed E-state index contributed by atoms with van der Waals surface area (Å²) in [6.07, 6.45) is 0. The van der Waals surface area contributed by atoms with Crippen molar-refractivity contribution in [3.05, 3.63) is 54.3 Å². The van der Waals surface area contributed by atoms with E-state index < -0.39 is 0 Å². The van der Waals surface area contributed by atoms with Gasteiger partial charge in [-0.15, -0.1) is 0 Å². The summed E-state index contributed by atoms with van der Waals surface area (Å²) in [6, 6.07) is 13.5. The van der Waals surface area contributed by atoms with Crippen molar-refractivity contribution < 1.29 is 13.7 Å². The highest BCUT2D eigenvalue weighted by Gasteiger charge is 2.17. The molecule has 1 aromatic heterocycles. The molecule has 0 saturated heterocycles. The second kappa shape index (κ2) is 5.28. The SMILES string of the molecule is COc1ccc(-c2noc(N)c2-c2cccc(F)c2)cc1. The van der Waals surface area contributed by atoms with Crippen molar-refractivity contribution in [1.29, 1.82) is 0 Å². The van der Waals surface area contributed by atoms with Crippen molar-refractivity contribution in [3.8, 4) is 28.1 Å². The van der Waals surface area contributed by atoms with Gasteiger partial charge in [0.1, 0.15) is 17.3 Å². The molecule has 0 spiro atoms. The van der Waals surface area contributed by atoms with Gasteiger partial charge in [0.15, 0.2) is 0 Å². The van der Waals surface area contributed by atoms with Crippen molar-refractivity contribution in [2.75, 3.05) is 12.8 Å². The van der Waals surface area contributed by atoms with E-state index in [2.05, 4.69) is 5.16 Å². The molecule has 21 heavy (non-hydrogen) atoms. The quantitative estimate of drug-likeness (QED) is 0.796. The van der Waals surface area contributed by atoms with E-state index in [1.54, 1.807) is 19.2 Å². The van der Waals surface area contributed by atoms with Gasteiger partial charge < -0.3 is 15.0 Å². The molecule has 5 heteroatoms. The summed E-state index contributed by atoms with van der Waals surface area (Å²) in [4.78, 5) is 0. The summed E-state index contributed by atoms with van der Waals surface area (Å²) in [5, 5.41) is 3.98. The molecule has 0 bridgehead atoms. The summed E-state index contributed by atoms with van der Waals surface area (Å²) < 4.78 is 23.6. The first-order valence-electron chi connectivity index (χ1n) is 6.34. The molecule has 3 rings (SSSR count). The van der Waals surface area contributed by atoms with E-state index >= 15 is 0 Å². The van der Waals surface area contributed by atoms with E-state index in [1.807, 2.05) is 24.3 Å². The van der Waals surface area contributed by atoms with Crippen LogP contribution in [-0.2, 0) is 0 Å². The number of hydrogen-bond donors (Lipinski definition) is 1. The molecule has 0 fully saturated rings. The van der Waals surface area contributed by atoms with Crippen LogP contribution in [0.5, 0.6) is 5.75 Å². The highest BCUT2D eigenvalue weighted by Crippen LogP contribution is 2.36. The Hall–Kier alpha value is -2.82. The number of methoxy groups -OCH3 is 1. The fraction of sp³-hybridized carbons (Fsp3) is 0.0625. The van der Waals surface area contributed by atoms with Gasteiger partial charge >= 0.3 is 0 Å². The molecule has 0 radical (unpaired) electrons. The number of nitrogens with two attached hydrogens (primary N) is 1. The lowest BCUT2D eigenvalue weighted by molar-refractivity contribution is 0.415. The standard InChI is InChI=1S/C16H13FN2O2/c1-20-13-7-5-10(6-8-13)15-14(16(18)21-19-15)11-3-2-4-12(17)9-11/h2-9H,18H2,1H3. The molecular weight excluding hydrogens is 271 g/mol. The van der Waals surface area contributed by atoms with Crippen LogP contribution in [0.3, 0.4) is 0 Å². The van der Waals surface area contributed by atoms with Gasteiger partial charge in [-0.05, 0) is 42.0 Å². The Morgan fingerprint density at radius 1 is 1.10 bits per heavy atom. The second-order valence-corrected chi connectivity index (χ2v) is 4.51. The maximum absolute atomic E-state index is 13.4. The zero-order valence-electron chi connectivity index (χ0n) is 11.3. The number of benzene rings is 2. The predicted molar refractivity (Wildman–Crippen MR) is 78.3 cm³/mol. The molecule has 0 aliphatic rings. The van der Waals surface area contributed by atoms with Gasteiger partial charge in [-0.3, -0.25) is 0 Å². The van der Waals surface area contributed by atoms with E-state index in [1.165, 1.54) is 12.1 Å². The maximum atomic E-state index is 13.4. The summed E-state index contributed by atoms with van der Waals surface area (Å²) in [5.41, 5.74) is 8.43. The van der Waals surface area contributed by atoms with Crippen molar-refractivity contribution in [1.82, 2.24) is 5.16 Å². The number of nitrogens with zero attached hydrogens (tertiary/aromatic N) is 1. The van der Waals surface area contributed by atoms with Gasteiger partial charge in [-0.25, -0.2) is 4.39 Å². The summed E-state index contributed by atoms with van der Waals surface area (Å²) in [6.45, 7) is 0. The third-order valence-corrected chi connectivity index (χ3v) is 3.20. The molecule has 0 aliphatic heterocycles. The molecule has 0 saturated carbocycles. The Balaban J connectivity index is 2.12. The molecule has 2 aromatic carbocycles. The number of halogens is 1. The van der Waals surface area contributed by atoms with Crippen molar-refractivity contribution >= 4 is 5.88 Å². The lowest BCUT2D eigenvalue weighted by atomic mass is 10.0. The molecular formula is C16H13FN2O2. The predicted octanol–water partition coefficient (Wildman–Crippen LogP) is 3.74. The zero-order chi connectivity index (χ0) is 14.8. The first kappa shape index (κ1) is 13.2. The number of aromatic nitrogens is 1. The van der Waals surface area contributed by atoms with Crippen LogP contribution in [0.2, 0.25) is 0 Å². The highest BCUT2D eigenvalue weighted by atomic mass is 19.1. The third-order valence-electron chi connectivity index (χ3n) is 3.20. The smallest absolute Gasteiger partial charge is 0.230 e. The lowest BCUT2D eigenvalue weighted by Gasteiger charge is -2.04. The van der Waals surface area contributed by atoms with Crippen molar-refractivity contribution in [2.24, 2.45) is 0 Å². The number of ether oxygens (including phenoxy) is 1. The Kier molecular flexibility index (Phi) is 3.31. The van der Waals surface area contributed by atoms with Gasteiger partial charge in [-0.1, -0.05) is 17.3 Å². The fourth-order valence-corrected chi connectivity index (χ4v) is 2.17.